The lowest BCUT2D eigenvalue weighted by Crippen LogP contribution is -2.42. The van der Waals surface area contributed by atoms with Crippen molar-refractivity contribution in [3.63, 3.8) is 0 Å². The fourth-order valence-corrected chi connectivity index (χ4v) is 1.83. The maximum absolute atomic E-state index is 11.3. The van der Waals surface area contributed by atoms with Crippen LogP contribution in [0.4, 0.5) is 4.79 Å². The summed E-state index contributed by atoms with van der Waals surface area (Å²) >= 11 is 0. The van der Waals surface area contributed by atoms with Crippen LogP contribution in [0.15, 0.2) is 0 Å². The average molecular weight is 199 g/mol. The van der Waals surface area contributed by atoms with Crippen molar-refractivity contribution in [2.45, 2.75) is 12.8 Å². The molecular weight excluding hydrogens is 178 g/mol. The number of hydrogen-bond acceptors (Lipinski definition) is 2. The maximum Gasteiger partial charge on any atom is 0.316 e. The van der Waals surface area contributed by atoms with Crippen molar-refractivity contribution in [1.82, 2.24) is 15.1 Å². The first-order valence-corrected chi connectivity index (χ1v) is 5.23. The monoisotopic (exact) mass is 199 g/mol. The highest BCUT2D eigenvalue weighted by Gasteiger charge is 2.17. The van der Waals surface area contributed by atoms with E-state index in [0.29, 0.717) is 5.92 Å². The first-order chi connectivity index (χ1) is 6.59. The Kier molecular flexibility index (Phi) is 4.20. The normalized spacial score (nSPS) is 23.2. The van der Waals surface area contributed by atoms with Crippen molar-refractivity contribution in [3.05, 3.63) is 0 Å². The summed E-state index contributed by atoms with van der Waals surface area (Å²) in [4.78, 5) is 15.2. The van der Waals surface area contributed by atoms with E-state index in [2.05, 4.69) is 17.3 Å². The zero-order valence-electron chi connectivity index (χ0n) is 9.42. The third-order valence-electron chi connectivity index (χ3n) is 2.67. The Bertz CT molecular complexity index is 194. The van der Waals surface area contributed by atoms with Crippen LogP contribution >= 0.6 is 0 Å². The van der Waals surface area contributed by atoms with E-state index < -0.39 is 0 Å². The molecule has 0 spiro atoms. The number of rotatable bonds is 2. The fourth-order valence-electron chi connectivity index (χ4n) is 1.83. The first-order valence-electron chi connectivity index (χ1n) is 5.23. The molecule has 1 N–H and O–H groups in total. The average Bonchev–Trinajstić information content (AvgIpc) is 2.14. The lowest BCUT2D eigenvalue weighted by molar-refractivity contribution is 0.193. The Hall–Kier alpha value is -0.770. The summed E-state index contributed by atoms with van der Waals surface area (Å²) in [6.45, 7) is 3.10. The van der Waals surface area contributed by atoms with Crippen LogP contribution in [0, 0.1) is 5.92 Å². The van der Waals surface area contributed by atoms with Gasteiger partial charge in [-0.1, -0.05) is 0 Å². The number of piperidine rings is 1. The zero-order valence-corrected chi connectivity index (χ0v) is 9.42. The Morgan fingerprint density at radius 3 is 2.86 bits per heavy atom. The Labute approximate surface area is 86.2 Å². The highest BCUT2D eigenvalue weighted by molar-refractivity contribution is 5.73. The summed E-state index contributed by atoms with van der Waals surface area (Å²) in [7, 11) is 5.67. The van der Waals surface area contributed by atoms with Crippen molar-refractivity contribution in [3.8, 4) is 0 Å². The van der Waals surface area contributed by atoms with Gasteiger partial charge in [-0.05, 0) is 32.4 Å². The van der Waals surface area contributed by atoms with Gasteiger partial charge in [0.2, 0.25) is 0 Å². The van der Waals surface area contributed by atoms with E-state index in [4.69, 9.17) is 0 Å². The van der Waals surface area contributed by atoms with E-state index in [1.807, 2.05) is 0 Å². The second kappa shape index (κ2) is 5.20. The third-order valence-corrected chi connectivity index (χ3v) is 2.67. The number of nitrogens with one attached hydrogen (secondary N) is 1. The van der Waals surface area contributed by atoms with Gasteiger partial charge in [-0.3, -0.25) is 0 Å². The predicted molar refractivity (Wildman–Crippen MR) is 57.3 cm³/mol. The molecule has 0 saturated carbocycles. The zero-order chi connectivity index (χ0) is 10.6. The van der Waals surface area contributed by atoms with Crippen LogP contribution in [-0.4, -0.2) is 56.6 Å². The summed E-state index contributed by atoms with van der Waals surface area (Å²) in [6.07, 6.45) is 2.48. The molecule has 1 unspecified atom stereocenters. The molecule has 0 bridgehead atoms. The van der Waals surface area contributed by atoms with Crippen molar-refractivity contribution in [2.75, 3.05) is 40.8 Å². The van der Waals surface area contributed by atoms with Gasteiger partial charge in [-0.15, -0.1) is 0 Å². The lowest BCUT2D eigenvalue weighted by Gasteiger charge is -2.30. The number of nitrogens with zero attached hydrogens (tertiary/aromatic N) is 2. The molecule has 4 heteroatoms. The van der Waals surface area contributed by atoms with E-state index >= 15 is 0 Å². The number of likely N-dealkylation sites (tertiary alicyclic amines) is 1. The van der Waals surface area contributed by atoms with Crippen LogP contribution in [0.2, 0.25) is 0 Å². The molecule has 2 amide bonds. The molecule has 0 aliphatic carbocycles. The summed E-state index contributed by atoms with van der Waals surface area (Å²) in [5.41, 5.74) is 0. The van der Waals surface area contributed by atoms with Crippen molar-refractivity contribution < 1.29 is 4.79 Å². The van der Waals surface area contributed by atoms with Gasteiger partial charge in [-0.2, -0.15) is 0 Å². The van der Waals surface area contributed by atoms with Gasteiger partial charge in [0, 0.05) is 27.2 Å². The van der Waals surface area contributed by atoms with E-state index in [0.717, 1.165) is 13.1 Å². The number of urea groups is 1. The Balaban J connectivity index is 2.20. The van der Waals surface area contributed by atoms with Gasteiger partial charge in [0.05, 0.1) is 0 Å². The van der Waals surface area contributed by atoms with Crippen molar-refractivity contribution in [1.29, 1.82) is 0 Å². The van der Waals surface area contributed by atoms with E-state index in [1.165, 1.54) is 19.4 Å². The summed E-state index contributed by atoms with van der Waals surface area (Å²) < 4.78 is 0. The number of carbonyl (C=O) groups is 1. The molecule has 1 saturated heterocycles. The smallest absolute Gasteiger partial charge is 0.316 e. The molecular formula is C10H21N3O. The molecule has 1 atom stereocenters. The molecule has 0 aromatic heterocycles. The highest BCUT2D eigenvalue weighted by atomic mass is 16.2. The van der Waals surface area contributed by atoms with Crippen molar-refractivity contribution >= 4 is 6.03 Å². The van der Waals surface area contributed by atoms with Crippen molar-refractivity contribution in [2.24, 2.45) is 5.92 Å². The topological polar surface area (TPSA) is 35.6 Å². The molecule has 82 valence electrons. The molecule has 4 nitrogen and oxygen atoms in total. The molecule has 1 heterocycles. The number of carbonyl (C=O) groups excluding carboxylic acids is 1. The van der Waals surface area contributed by atoms with Crippen LogP contribution in [0.1, 0.15) is 12.8 Å². The largest absolute Gasteiger partial charge is 0.338 e. The minimum absolute atomic E-state index is 0.0122. The van der Waals surface area contributed by atoms with Crippen LogP contribution in [0.3, 0.4) is 0 Å². The summed E-state index contributed by atoms with van der Waals surface area (Å²) in [5, 5.41) is 2.93. The highest BCUT2D eigenvalue weighted by Crippen LogP contribution is 2.13. The number of hydrogen-bond donors (Lipinski definition) is 1. The molecule has 1 aliphatic heterocycles. The summed E-state index contributed by atoms with van der Waals surface area (Å²) in [5.74, 6) is 0.623. The SMILES string of the molecule is CN1CCCC(CNC(=O)N(C)C)C1. The van der Waals surface area contributed by atoms with Gasteiger partial charge in [0.15, 0.2) is 0 Å². The lowest BCUT2D eigenvalue weighted by atomic mass is 9.99. The van der Waals surface area contributed by atoms with Crippen LogP contribution in [-0.2, 0) is 0 Å². The van der Waals surface area contributed by atoms with Crippen LogP contribution < -0.4 is 5.32 Å². The second-order valence-corrected chi connectivity index (χ2v) is 4.35. The van der Waals surface area contributed by atoms with Crippen LogP contribution in [0.25, 0.3) is 0 Å². The standard InChI is InChI=1S/C10H21N3O/c1-12(2)10(14)11-7-9-5-4-6-13(3)8-9/h9H,4-8H2,1-3H3,(H,11,14). The Morgan fingerprint density at radius 2 is 2.29 bits per heavy atom. The van der Waals surface area contributed by atoms with Gasteiger partial charge in [0.1, 0.15) is 0 Å². The Morgan fingerprint density at radius 1 is 1.57 bits per heavy atom. The molecule has 0 aromatic rings. The predicted octanol–water partition coefficient (Wildman–Crippen LogP) is 0.599. The summed E-state index contributed by atoms with van der Waals surface area (Å²) in [6, 6.07) is 0.0122. The third kappa shape index (κ3) is 3.54. The second-order valence-electron chi connectivity index (χ2n) is 4.35. The number of amides is 2. The molecule has 0 aromatic carbocycles. The van der Waals surface area contributed by atoms with Gasteiger partial charge in [0.25, 0.3) is 0 Å². The van der Waals surface area contributed by atoms with Crippen LogP contribution in [0.5, 0.6) is 0 Å². The first kappa shape index (κ1) is 11.3. The molecule has 0 radical (unpaired) electrons. The maximum atomic E-state index is 11.3. The molecule has 1 aliphatic rings. The molecule has 14 heavy (non-hydrogen) atoms. The minimum Gasteiger partial charge on any atom is -0.338 e. The van der Waals surface area contributed by atoms with E-state index in [1.54, 1.807) is 19.0 Å². The van der Waals surface area contributed by atoms with E-state index in [9.17, 15) is 4.79 Å². The van der Waals surface area contributed by atoms with Gasteiger partial charge >= 0.3 is 6.03 Å². The minimum atomic E-state index is 0.0122. The fraction of sp³-hybridized carbons (Fsp3) is 0.900. The quantitative estimate of drug-likeness (QED) is 0.707. The molecule has 1 rings (SSSR count). The molecule has 1 fully saturated rings. The van der Waals surface area contributed by atoms with Gasteiger partial charge < -0.3 is 15.1 Å². The van der Waals surface area contributed by atoms with Gasteiger partial charge in [-0.25, -0.2) is 4.79 Å². The van der Waals surface area contributed by atoms with E-state index in [-0.39, 0.29) is 6.03 Å².